The van der Waals surface area contributed by atoms with E-state index in [4.69, 9.17) is 0 Å². The lowest BCUT2D eigenvalue weighted by Gasteiger charge is -2.40. The molecule has 2 fully saturated rings. The van der Waals surface area contributed by atoms with Crippen LogP contribution >= 0.6 is 0 Å². The average Bonchev–Trinajstić information content (AvgIpc) is 3.23. The number of nitrogens with zero attached hydrogens (tertiary/aromatic N) is 1. The van der Waals surface area contributed by atoms with Crippen LogP contribution in [0.15, 0.2) is 42.6 Å². The lowest BCUT2D eigenvalue weighted by Crippen LogP contribution is -2.44. The molecule has 2 aliphatic carbocycles. The van der Waals surface area contributed by atoms with E-state index in [-0.39, 0.29) is 23.1 Å². The fourth-order valence-corrected chi connectivity index (χ4v) is 4.90. The lowest BCUT2D eigenvalue weighted by molar-refractivity contribution is -0.123. The number of hydrogen-bond acceptors (Lipinski definition) is 2. The average molecular weight is 363 g/mol. The highest BCUT2D eigenvalue weighted by Gasteiger charge is 2.48. The summed E-state index contributed by atoms with van der Waals surface area (Å²) in [5.74, 6) is 0.211. The monoisotopic (exact) mass is 363 g/mol. The van der Waals surface area contributed by atoms with Gasteiger partial charge in [-0.3, -0.25) is 9.59 Å². The van der Waals surface area contributed by atoms with E-state index in [0.29, 0.717) is 11.7 Å². The molecule has 2 N–H and O–H groups in total. The molecule has 1 saturated carbocycles. The molecule has 2 aromatic rings. The van der Waals surface area contributed by atoms with Crippen molar-refractivity contribution < 1.29 is 9.59 Å². The zero-order chi connectivity index (χ0) is 18.4. The van der Waals surface area contributed by atoms with Gasteiger partial charge in [-0.05, 0) is 55.4 Å². The molecule has 1 atom stereocenters. The summed E-state index contributed by atoms with van der Waals surface area (Å²) in [6.45, 7) is 1.48. The molecule has 5 nitrogen and oxygen atoms in total. The molecule has 0 radical (unpaired) electrons. The fraction of sp³-hybridized carbons (Fsp3) is 0.455. The van der Waals surface area contributed by atoms with Gasteiger partial charge in [0.25, 0.3) is 5.91 Å². The largest absolute Gasteiger partial charge is 0.357 e. The summed E-state index contributed by atoms with van der Waals surface area (Å²) >= 11 is 0. The SMILES string of the molecule is O=C(NC1CC1)[C@H]1CC2(CCN(C(=O)c3ccc[nH]3)CC2)c2ccccc21. The van der Waals surface area contributed by atoms with Crippen molar-refractivity contribution in [2.75, 3.05) is 13.1 Å². The quantitative estimate of drug-likeness (QED) is 0.881. The third-order valence-corrected chi connectivity index (χ3v) is 6.58. The number of carbonyl (C=O) groups excluding carboxylic acids is 2. The summed E-state index contributed by atoms with van der Waals surface area (Å²) in [5, 5.41) is 3.20. The molecule has 0 bridgehead atoms. The number of fused-ring (bicyclic) bond motifs is 2. The van der Waals surface area contributed by atoms with Crippen molar-refractivity contribution in [2.24, 2.45) is 0 Å². The standard InChI is InChI=1S/C22H25N3O2/c26-20(24-15-7-8-15)17-14-22(18-5-2-1-4-16(17)18)9-12-25(13-10-22)21(27)19-6-3-11-23-19/h1-6,11,15,17,23H,7-10,12-14H2,(H,24,26)/t17-/m0/s1. The van der Waals surface area contributed by atoms with Gasteiger partial charge in [0.2, 0.25) is 5.91 Å². The third kappa shape index (κ3) is 2.85. The Morgan fingerprint density at radius 3 is 2.56 bits per heavy atom. The Bertz CT molecular complexity index is 861. The molecule has 2 heterocycles. The first kappa shape index (κ1) is 16.6. The highest BCUT2D eigenvalue weighted by atomic mass is 16.2. The van der Waals surface area contributed by atoms with Gasteiger partial charge in [0.05, 0.1) is 5.92 Å². The smallest absolute Gasteiger partial charge is 0.270 e. The van der Waals surface area contributed by atoms with E-state index in [1.54, 1.807) is 6.20 Å². The van der Waals surface area contributed by atoms with Crippen molar-refractivity contribution >= 4 is 11.8 Å². The summed E-state index contributed by atoms with van der Waals surface area (Å²) in [6, 6.07) is 12.5. The van der Waals surface area contributed by atoms with Crippen molar-refractivity contribution in [1.82, 2.24) is 15.2 Å². The number of nitrogens with one attached hydrogen (secondary N) is 2. The van der Waals surface area contributed by atoms with Gasteiger partial charge in [0, 0.05) is 30.7 Å². The van der Waals surface area contributed by atoms with Crippen LogP contribution in [0.25, 0.3) is 0 Å². The highest BCUT2D eigenvalue weighted by molar-refractivity contribution is 5.92. The zero-order valence-electron chi connectivity index (χ0n) is 15.4. The molecule has 1 aromatic heterocycles. The number of hydrogen-bond donors (Lipinski definition) is 2. The van der Waals surface area contributed by atoms with Gasteiger partial charge < -0.3 is 15.2 Å². The normalized spacial score (nSPS) is 23.3. The van der Waals surface area contributed by atoms with Gasteiger partial charge in [0.1, 0.15) is 5.69 Å². The van der Waals surface area contributed by atoms with Crippen LogP contribution in [-0.4, -0.2) is 40.8 Å². The van der Waals surface area contributed by atoms with Gasteiger partial charge in [-0.2, -0.15) is 0 Å². The van der Waals surface area contributed by atoms with Gasteiger partial charge in [-0.1, -0.05) is 24.3 Å². The molecule has 1 aliphatic heterocycles. The minimum absolute atomic E-state index is 0.0225. The Hall–Kier alpha value is -2.56. The van der Waals surface area contributed by atoms with Gasteiger partial charge in [0.15, 0.2) is 0 Å². The Morgan fingerprint density at radius 2 is 1.85 bits per heavy atom. The van der Waals surface area contributed by atoms with E-state index in [1.165, 1.54) is 11.1 Å². The molecule has 1 saturated heterocycles. The maximum Gasteiger partial charge on any atom is 0.270 e. The second-order valence-electron chi connectivity index (χ2n) is 8.28. The Kier molecular flexibility index (Phi) is 3.85. The maximum absolute atomic E-state index is 12.8. The highest BCUT2D eigenvalue weighted by Crippen LogP contribution is 2.51. The van der Waals surface area contributed by atoms with Crippen molar-refractivity contribution in [2.45, 2.75) is 49.5 Å². The Labute approximate surface area is 159 Å². The number of aromatic nitrogens is 1. The second-order valence-corrected chi connectivity index (χ2v) is 8.28. The summed E-state index contributed by atoms with van der Waals surface area (Å²) < 4.78 is 0. The van der Waals surface area contributed by atoms with Crippen LogP contribution < -0.4 is 5.32 Å². The number of benzene rings is 1. The Balaban J connectivity index is 1.36. The van der Waals surface area contributed by atoms with Crippen LogP contribution in [0, 0.1) is 0 Å². The maximum atomic E-state index is 12.8. The summed E-state index contributed by atoms with van der Waals surface area (Å²) in [6.07, 6.45) is 6.72. The molecule has 1 aromatic carbocycles. The number of rotatable bonds is 3. The fourth-order valence-electron chi connectivity index (χ4n) is 4.90. The van der Waals surface area contributed by atoms with Crippen molar-refractivity contribution in [3.8, 4) is 0 Å². The summed E-state index contributed by atoms with van der Waals surface area (Å²) in [5.41, 5.74) is 3.20. The number of amides is 2. The number of carbonyl (C=O) groups is 2. The zero-order valence-corrected chi connectivity index (χ0v) is 15.4. The Morgan fingerprint density at radius 1 is 1.07 bits per heavy atom. The van der Waals surface area contributed by atoms with Crippen LogP contribution in [0.5, 0.6) is 0 Å². The van der Waals surface area contributed by atoms with Crippen LogP contribution in [0.2, 0.25) is 0 Å². The number of likely N-dealkylation sites (tertiary alicyclic amines) is 1. The first-order valence-corrected chi connectivity index (χ1v) is 9.99. The van der Waals surface area contributed by atoms with E-state index in [9.17, 15) is 9.59 Å². The molecule has 140 valence electrons. The third-order valence-electron chi connectivity index (χ3n) is 6.58. The topological polar surface area (TPSA) is 65.2 Å². The van der Waals surface area contributed by atoms with Crippen LogP contribution in [0.1, 0.15) is 59.6 Å². The van der Waals surface area contributed by atoms with E-state index >= 15 is 0 Å². The lowest BCUT2D eigenvalue weighted by atomic mass is 9.73. The van der Waals surface area contributed by atoms with Crippen molar-refractivity contribution in [1.29, 1.82) is 0 Å². The van der Waals surface area contributed by atoms with Gasteiger partial charge in [-0.25, -0.2) is 0 Å². The van der Waals surface area contributed by atoms with Crippen LogP contribution in [0.4, 0.5) is 0 Å². The summed E-state index contributed by atoms with van der Waals surface area (Å²) in [4.78, 5) is 30.4. The first-order chi connectivity index (χ1) is 13.2. The summed E-state index contributed by atoms with van der Waals surface area (Å²) in [7, 11) is 0. The molecule has 5 heteroatoms. The first-order valence-electron chi connectivity index (χ1n) is 9.99. The van der Waals surface area contributed by atoms with E-state index < -0.39 is 0 Å². The van der Waals surface area contributed by atoms with Crippen molar-refractivity contribution in [3.05, 3.63) is 59.4 Å². The molecular formula is C22H25N3O2. The van der Waals surface area contributed by atoms with Gasteiger partial charge in [-0.15, -0.1) is 0 Å². The van der Waals surface area contributed by atoms with Crippen LogP contribution in [-0.2, 0) is 10.2 Å². The minimum Gasteiger partial charge on any atom is -0.357 e. The predicted molar refractivity (Wildman–Crippen MR) is 103 cm³/mol. The molecule has 2 amide bonds. The second kappa shape index (κ2) is 6.25. The minimum atomic E-state index is -0.0486. The molecule has 27 heavy (non-hydrogen) atoms. The van der Waals surface area contributed by atoms with Gasteiger partial charge >= 0.3 is 0 Å². The number of aromatic amines is 1. The molecular weight excluding hydrogens is 338 g/mol. The molecule has 1 spiro atoms. The van der Waals surface area contributed by atoms with E-state index in [1.807, 2.05) is 23.1 Å². The molecule has 5 rings (SSSR count). The number of piperidine rings is 1. The van der Waals surface area contributed by atoms with E-state index in [0.717, 1.165) is 45.2 Å². The predicted octanol–water partition coefficient (Wildman–Crippen LogP) is 2.95. The molecule has 0 unspecified atom stereocenters. The number of H-pyrrole nitrogens is 1. The van der Waals surface area contributed by atoms with E-state index in [2.05, 4.69) is 28.5 Å². The van der Waals surface area contributed by atoms with Crippen molar-refractivity contribution in [3.63, 3.8) is 0 Å². The van der Waals surface area contributed by atoms with Crippen LogP contribution in [0.3, 0.4) is 0 Å². The molecule has 3 aliphatic rings.